The highest BCUT2D eigenvalue weighted by molar-refractivity contribution is 5.94. The minimum atomic E-state index is -0.742. The van der Waals surface area contributed by atoms with Crippen molar-refractivity contribution in [1.29, 1.82) is 0 Å². The molecule has 0 aliphatic carbocycles. The van der Waals surface area contributed by atoms with E-state index in [4.69, 9.17) is 4.74 Å². The Hall–Kier alpha value is -1.70. The van der Waals surface area contributed by atoms with Gasteiger partial charge in [-0.3, -0.25) is 9.59 Å². The van der Waals surface area contributed by atoms with Gasteiger partial charge in [0.2, 0.25) is 0 Å². The molecule has 2 aliphatic heterocycles. The number of benzene rings is 1. The van der Waals surface area contributed by atoms with Crippen molar-refractivity contribution in [2.24, 2.45) is 0 Å². The van der Waals surface area contributed by atoms with E-state index < -0.39 is 5.60 Å². The highest BCUT2D eigenvalue weighted by atomic mass is 35.5. The van der Waals surface area contributed by atoms with Crippen molar-refractivity contribution in [3.8, 4) is 0 Å². The van der Waals surface area contributed by atoms with Crippen LogP contribution in [0.2, 0.25) is 0 Å². The van der Waals surface area contributed by atoms with Gasteiger partial charge in [-0.25, -0.2) is 4.39 Å². The number of methoxy groups -OCH3 is 1. The zero-order chi connectivity index (χ0) is 17.9. The van der Waals surface area contributed by atoms with Crippen molar-refractivity contribution < 1.29 is 18.7 Å². The van der Waals surface area contributed by atoms with Crippen LogP contribution in [0.25, 0.3) is 0 Å². The summed E-state index contributed by atoms with van der Waals surface area (Å²) >= 11 is 0. The maximum absolute atomic E-state index is 13.0. The molecule has 2 fully saturated rings. The molecular weight excluding hydrogens is 361 g/mol. The van der Waals surface area contributed by atoms with Gasteiger partial charge in [-0.1, -0.05) is 0 Å². The lowest BCUT2D eigenvalue weighted by atomic mass is 9.90. The summed E-state index contributed by atoms with van der Waals surface area (Å²) < 4.78 is 18.6. The number of hydrogen-bond acceptors (Lipinski definition) is 4. The molecule has 2 aliphatic rings. The number of piperidine rings is 1. The second-order valence-electron chi connectivity index (χ2n) is 6.54. The molecule has 1 aromatic carbocycles. The number of carbonyl (C=O) groups is 2. The van der Waals surface area contributed by atoms with Crippen LogP contribution < -0.4 is 5.32 Å². The Bertz CT molecular complexity index is 627. The molecule has 1 N–H and O–H groups in total. The third kappa shape index (κ3) is 4.16. The van der Waals surface area contributed by atoms with Gasteiger partial charge in [-0.05, 0) is 50.2 Å². The monoisotopic (exact) mass is 385 g/mol. The molecule has 0 saturated carbocycles. The predicted molar refractivity (Wildman–Crippen MR) is 98.0 cm³/mol. The van der Waals surface area contributed by atoms with Crippen LogP contribution in [0.4, 0.5) is 4.39 Å². The molecular formula is C18H25ClFN3O3. The van der Waals surface area contributed by atoms with Crippen molar-refractivity contribution in [1.82, 2.24) is 15.1 Å². The van der Waals surface area contributed by atoms with Gasteiger partial charge in [0.05, 0.1) is 0 Å². The van der Waals surface area contributed by atoms with Crippen LogP contribution >= 0.6 is 12.4 Å². The Morgan fingerprint density at radius 2 is 1.58 bits per heavy atom. The first-order chi connectivity index (χ1) is 12.1. The average Bonchev–Trinajstić information content (AvgIpc) is 2.68. The number of nitrogens with one attached hydrogen (secondary N) is 1. The Kier molecular flexibility index (Phi) is 6.97. The lowest BCUT2D eigenvalue weighted by Crippen LogP contribution is -2.59. The summed E-state index contributed by atoms with van der Waals surface area (Å²) in [6.07, 6.45) is 1.33. The van der Waals surface area contributed by atoms with E-state index in [-0.39, 0.29) is 30.0 Å². The average molecular weight is 386 g/mol. The third-order valence-corrected chi connectivity index (χ3v) is 5.14. The van der Waals surface area contributed by atoms with Crippen LogP contribution in [-0.4, -0.2) is 73.6 Å². The lowest BCUT2D eigenvalue weighted by molar-refractivity contribution is -0.159. The molecule has 0 atom stereocenters. The summed E-state index contributed by atoms with van der Waals surface area (Å²) in [5, 5.41) is 3.25. The van der Waals surface area contributed by atoms with E-state index in [1.807, 2.05) is 0 Å². The molecule has 8 heteroatoms. The molecule has 0 radical (unpaired) electrons. The largest absolute Gasteiger partial charge is 0.368 e. The van der Waals surface area contributed by atoms with Crippen LogP contribution in [0.5, 0.6) is 0 Å². The van der Waals surface area contributed by atoms with Gasteiger partial charge in [-0.15, -0.1) is 12.4 Å². The minimum Gasteiger partial charge on any atom is -0.368 e. The number of piperazine rings is 1. The van der Waals surface area contributed by atoms with Gasteiger partial charge in [-0.2, -0.15) is 0 Å². The first-order valence-electron chi connectivity index (χ1n) is 8.66. The number of rotatable bonds is 3. The molecule has 26 heavy (non-hydrogen) atoms. The fourth-order valence-corrected chi connectivity index (χ4v) is 3.51. The fourth-order valence-electron chi connectivity index (χ4n) is 3.51. The summed E-state index contributed by atoms with van der Waals surface area (Å²) in [6.45, 7) is 3.46. The number of ether oxygens (including phenoxy) is 1. The molecule has 2 amide bonds. The van der Waals surface area contributed by atoms with E-state index in [0.29, 0.717) is 44.6 Å². The van der Waals surface area contributed by atoms with E-state index >= 15 is 0 Å². The quantitative estimate of drug-likeness (QED) is 0.852. The molecule has 2 saturated heterocycles. The molecule has 1 aromatic rings. The van der Waals surface area contributed by atoms with Crippen LogP contribution in [0, 0.1) is 5.82 Å². The van der Waals surface area contributed by atoms with Crippen molar-refractivity contribution in [2.75, 3.05) is 46.4 Å². The fraction of sp³-hybridized carbons (Fsp3) is 0.556. The molecule has 6 nitrogen and oxygen atoms in total. The summed E-state index contributed by atoms with van der Waals surface area (Å²) in [4.78, 5) is 28.9. The topological polar surface area (TPSA) is 61.9 Å². The first kappa shape index (κ1) is 20.6. The summed E-state index contributed by atoms with van der Waals surface area (Å²) in [7, 11) is 1.59. The Balaban J connectivity index is 0.00000243. The Morgan fingerprint density at radius 1 is 1.04 bits per heavy atom. The maximum atomic E-state index is 13.0. The van der Waals surface area contributed by atoms with Crippen LogP contribution in [0.15, 0.2) is 24.3 Å². The van der Waals surface area contributed by atoms with Crippen molar-refractivity contribution >= 4 is 24.2 Å². The van der Waals surface area contributed by atoms with Gasteiger partial charge in [0.15, 0.2) is 0 Å². The van der Waals surface area contributed by atoms with E-state index in [0.717, 1.165) is 13.1 Å². The van der Waals surface area contributed by atoms with E-state index in [9.17, 15) is 14.0 Å². The van der Waals surface area contributed by atoms with E-state index in [1.54, 1.807) is 16.9 Å². The Labute approximate surface area is 159 Å². The summed E-state index contributed by atoms with van der Waals surface area (Å²) in [5.41, 5.74) is -0.276. The number of carbonyl (C=O) groups excluding carboxylic acids is 2. The van der Waals surface area contributed by atoms with Crippen LogP contribution in [0.3, 0.4) is 0 Å². The van der Waals surface area contributed by atoms with Gasteiger partial charge < -0.3 is 19.9 Å². The van der Waals surface area contributed by atoms with Crippen molar-refractivity contribution in [3.63, 3.8) is 0 Å². The zero-order valence-corrected chi connectivity index (χ0v) is 15.7. The number of hydrogen-bond donors (Lipinski definition) is 1. The second kappa shape index (κ2) is 8.79. The molecule has 3 rings (SSSR count). The molecule has 0 bridgehead atoms. The van der Waals surface area contributed by atoms with Crippen molar-refractivity contribution in [3.05, 3.63) is 35.6 Å². The number of nitrogens with zero attached hydrogens (tertiary/aromatic N) is 2. The smallest absolute Gasteiger partial charge is 0.255 e. The van der Waals surface area contributed by atoms with Crippen LogP contribution in [-0.2, 0) is 9.53 Å². The number of amides is 2. The van der Waals surface area contributed by atoms with E-state index in [1.165, 1.54) is 24.3 Å². The van der Waals surface area contributed by atoms with Crippen molar-refractivity contribution in [2.45, 2.75) is 18.4 Å². The van der Waals surface area contributed by atoms with Gasteiger partial charge in [0.25, 0.3) is 11.8 Å². The van der Waals surface area contributed by atoms with E-state index in [2.05, 4.69) is 5.32 Å². The molecule has 144 valence electrons. The lowest BCUT2D eigenvalue weighted by Gasteiger charge is -2.42. The second-order valence-corrected chi connectivity index (χ2v) is 6.54. The Morgan fingerprint density at radius 3 is 2.12 bits per heavy atom. The minimum absolute atomic E-state index is 0. The third-order valence-electron chi connectivity index (χ3n) is 5.14. The van der Waals surface area contributed by atoms with Crippen LogP contribution in [0.1, 0.15) is 23.2 Å². The van der Waals surface area contributed by atoms with Gasteiger partial charge in [0, 0.05) is 38.9 Å². The first-order valence-corrected chi connectivity index (χ1v) is 8.66. The highest BCUT2D eigenvalue weighted by Crippen LogP contribution is 2.26. The standard InChI is InChI=1S/C18H24FN3O3.ClH/c1-25-18(6-8-20-9-7-18)17(24)22-12-10-21(11-13-22)16(23)14-2-4-15(19)5-3-14;/h2-5,20H,6-13H2,1H3;1H. The molecule has 0 spiro atoms. The predicted octanol–water partition coefficient (Wildman–Crippen LogP) is 1.30. The zero-order valence-electron chi connectivity index (χ0n) is 14.9. The normalized spacial score (nSPS) is 19.6. The molecule has 2 heterocycles. The molecule has 0 aromatic heterocycles. The summed E-state index contributed by atoms with van der Waals surface area (Å²) in [6, 6.07) is 5.55. The van der Waals surface area contributed by atoms with Gasteiger partial charge in [0.1, 0.15) is 11.4 Å². The summed E-state index contributed by atoms with van der Waals surface area (Å²) in [5.74, 6) is -0.473. The SMILES string of the molecule is COC1(C(=O)N2CCN(C(=O)c3ccc(F)cc3)CC2)CCNCC1.Cl. The van der Waals surface area contributed by atoms with Gasteiger partial charge >= 0.3 is 0 Å². The number of halogens is 2. The molecule has 0 unspecified atom stereocenters. The maximum Gasteiger partial charge on any atom is 0.255 e. The highest BCUT2D eigenvalue weighted by Gasteiger charge is 2.43.